The van der Waals surface area contributed by atoms with Gasteiger partial charge in [0.15, 0.2) is 5.78 Å². The number of carbonyl (C=O) groups is 1. The molecule has 0 saturated heterocycles. The molecule has 0 bridgehead atoms. The average molecular weight is 325 g/mol. The van der Waals surface area contributed by atoms with Crippen molar-refractivity contribution in [1.82, 2.24) is 0 Å². The van der Waals surface area contributed by atoms with Crippen LogP contribution in [0.15, 0.2) is 57.9 Å². The fraction of sp³-hybridized carbons (Fsp3) is 0.0588. The Hall–Kier alpha value is -3.48. The third kappa shape index (κ3) is 2.74. The standard InChI is InChI=1S/C17H11NO6/c1-10(19)13-9-23-15-8-16(24-11-5-3-2-4-6-11)14(18(21)22)7-12(15)17(13)20/h2-9H,1H3. The van der Waals surface area contributed by atoms with Crippen LogP contribution in [0.4, 0.5) is 5.69 Å². The lowest BCUT2D eigenvalue weighted by Crippen LogP contribution is -2.12. The average Bonchev–Trinajstić information content (AvgIpc) is 2.55. The molecular weight excluding hydrogens is 314 g/mol. The molecule has 0 amide bonds. The smallest absolute Gasteiger partial charge is 0.312 e. The van der Waals surface area contributed by atoms with E-state index in [1.807, 2.05) is 0 Å². The number of ether oxygens (including phenoxy) is 1. The Morgan fingerprint density at radius 2 is 1.92 bits per heavy atom. The summed E-state index contributed by atoms with van der Waals surface area (Å²) in [5.74, 6) is -0.127. The van der Waals surface area contributed by atoms with Crippen LogP contribution in [0.2, 0.25) is 0 Å². The van der Waals surface area contributed by atoms with E-state index in [1.165, 1.54) is 13.0 Å². The number of carbonyl (C=O) groups excluding carboxylic acids is 1. The monoisotopic (exact) mass is 325 g/mol. The second-order valence-electron chi connectivity index (χ2n) is 5.02. The SMILES string of the molecule is CC(=O)c1coc2cc(Oc3ccccc3)c([N+](=O)[O-])cc2c1=O. The Morgan fingerprint density at radius 1 is 1.21 bits per heavy atom. The first kappa shape index (κ1) is 15.4. The second kappa shape index (κ2) is 5.96. The van der Waals surface area contributed by atoms with Gasteiger partial charge in [-0.05, 0) is 19.1 Å². The summed E-state index contributed by atoms with van der Waals surface area (Å²) in [5, 5.41) is 11.3. The predicted octanol–water partition coefficient (Wildman–Crippen LogP) is 3.70. The molecule has 1 aromatic heterocycles. The molecule has 0 spiro atoms. The minimum Gasteiger partial charge on any atom is -0.463 e. The Kier molecular flexibility index (Phi) is 3.83. The van der Waals surface area contributed by atoms with Crippen LogP contribution in [-0.4, -0.2) is 10.7 Å². The topological polar surface area (TPSA) is 99.7 Å². The maximum atomic E-state index is 12.3. The molecule has 0 saturated carbocycles. The van der Waals surface area contributed by atoms with Gasteiger partial charge in [0.05, 0.1) is 10.3 Å². The number of nitro groups is 1. The molecule has 24 heavy (non-hydrogen) atoms. The Labute approximate surface area is 135 Å². The number of rotatable bonds is 4. The van der Waals surface area contributed by atoms with E-state index in [4.69, 9.17) is 9.15 Å². The van der Waals surface area contributed by atoms with Crippen LogP contribution in [0.3, 0.4) is 0 Å². The normalized spacial score (nSPS) is 10.5. The van der Waals surface area contributed by atoms with E-state index in [9.17, 15) is 19.7 Å². The largest absolute Gasteiger partial charge is 0.463 e. The quantitative estimate of drug-likeness (QED) is 0.412. The number of fused-ring (bicyclic) bond motifs is 1. The molecule has 0 aliphatic carbocycles. The molecule has 3 aromatic rings. The molecule has 0 radical (unpaired) electrons. The van der Waals surface area contributed by atoms with Gasteiger partial charge in [-0.1, -0.05) is 18.2 Å². The van der Waals surface area contributed by atoms with Crippen molar-refractivity contribution in [3.8, 4) is 11.5 Å². The first-order valence-electron chi connectivity index (χ1n) is 6.95. The molecule has 0 aliphatic rings. The van der Waals surface area contributed by atoms with Crippen LogP contribution in [-0.2, 0) is 0 Å². The molecular formula is C17H11NO6. The molecule has 0 fully saturated rings. The van der Waals surface area contributed by atoms with Crippen LogP contribution in [0.25, 0.3) is 11.0 Å². The van der Waals surface area contributed by atoms with Gasteiger partial charge in [0, 0.05) is 12.1 Å². The van der Waals surface area contributed by atoms with E-state index in [-0.39, 0.29) is 28.0 Å². The zero-order chi connectivity index (χ0) is 17.3. The number of benzene rings is 2. The van der Waals surface area contributed by atoms with Crippen LogP contribution in [0.5, 0.6) is 11.5 Å². The highest BCUT2D eigenvalue weighted by molar-refractivity contribution is 5.97. The summed E-state index contributed by atoms with van der Waals surface area (Å²) in [7, 11) is 0. The number of para-hydroxylation sites is 1. The van der Waals surface area contributed by atoms with Crippen molar-refractivity contribution in [2.24, 2.45) is 0 Å². The fourth-order valence-electron chi connectivity index (χ4n) is 2.23. The van der Waals surface area contributed by atoms with Gasteiger partial charge in [-0.3, -0.25) is 19.7 Å². The van der Waals surface area contributed by atoms with Crippen molar-refractivity contribution >= 4 is 22.4 Å². The Morgan fingerprint density at radius 3 is 2.54 bits per heavy atom. The third-order valence-corrected chi connectivity index (χ3v) is 3.40. The number of hydrogen-bond donors (Lipinski definition) is 0. The van der Waals surface area contributed by atoms with Crippen LogP contribution in [0, 0.1) is 10.1 Å². The summed E-state index contributed by atoms with van der Waals surface area (Å²) in [4.78, 5) is 34.3. The molecule has 2 aromatic carbocycles. The van der Waals surface area contributed by atoms with E-state index in [0.29, 0.717) is 5.75 Å². The van der Waals surface area contributed by atoms with Gasteiger partial charge in [-0.15, -0.1) is 0 Å². The summed E-state index contributed by atoms with van der Waals surface area (Å²) in [6.45, 7) is 1.22. The lowest BCUT2D eigenvalue weighted by atomic mass is 10.1. The van der Waals surface area contributed by atoms with Crippen molar-refractivity contribution in [1.29, 1.82) is 0 Å². The molecule has 7 nitrogen and oxygen atoms in total. The van der Waals surface area contributed by atoms with Gasteiger partial charge < -0.3 is 9.15 Å². The maximum Gasteiger partial charge on any atom is 0.312 e. The van der Waals surface area contributed by atoms with Crippen molar-refractivity contribution in [3.63, 3.8) is 0 Å². The predicted molar refractivity (Wildman–Crippen MR) is 85.7 cm³/mol. The van der Waals surface area contributed by atoms with Crippen molar-refractivity contribution in [2.45, 2.75) is 6.92 Å². The lowest BCUT2D eigenvalue weighted by molar-refractivity contribution is -0.385. The Balaban J connectivity index is 2.21. The van der Waals surface area contributed by atoms with Crippen molar-refractivity contribution < 1.29 is 18.9 Å². The molecule has 0 N–H and O–H groups in total. The fourth-order valence-corrected chi connectivity index (χ4v) is 2.23. The highest BCUT2D eigenvalue weighted by Crippen LogP contribution is 2.34. The van der Waals surface area contributed by atoms with Gasteiger partial charge in [-0.25, -0.2) is 0 Å². The zero-order valence-corrected chi connectivity index (χ0v) is 12.5. The van der Waals surface area contributed by atoms with Gasteiger partial charge in [0.25, 0.3) is 0 Å². The molecule has 0 atom stereocenters. The first-order chi connectivity index (χ1) is 11.5. The summed E-state index contributed by atoms with van der Waals surface area (Å²) in [5.41, 5.74) is -1.06. The van der Waals surface area contributed by atoms with Crippen LogP contribution < -0.4 is 10.2 Å². The molecule has 0 unspecified atom stereocenters. The minimum atomic E-state index is -0.655. The second-order valence-corrected chi connectivity index (χ2v) is 5.02. The van der Waals surface area contributed by atoms with Gasteiger partial charge in [0.2, 0.25) is 11.2 Å². The maximum absolute atomic E-state index is 12.3. The molecule has 1 heterocycles. The molecule has 3 rings (SSSR count). The van der Waals surface area contributed by atoms with Gasteiger partial charge in [-0.2, -0.15) is 0 Å². The van der Waals surface area contributed by atoms with Crippen LogP contribution >= 0.6 is 0 Å². The van der Waals surface area contributed by atoms with Crippen molar-refractivity contribution in [2.75, 3.05) is 0 Å². The highest BCUT2D eigenvalue weighted by atomic mass is 16.6. The van der Waals surface area contributed by atoms with Crippen LogP contribution in [0.1, 0.15) is 17.3 Å². The number of nitro benzene ring substituents is 1. The van der Waals surface area contributed by atoms with Gasteiger partial charge in [0.1, 0.15) is 23.2 Å². The van der Waals surface area contributed by atoms with E-state index in [0.717, 1.165) is 12.3 Å². The first-order valence-corrected chi connectivity index (χ1v) is 6.95. The zero-order valence-electron chi connectivity index (χ0n) is 12.5. The molecule has 0 aliphatic heterocycles. The van der Waals surface area contributed by atoms with Gasteiger partial charge >= 0.3 is 5.69 Å². The molecule has 7 heteroatoms. The summed E-state index contributed by atoms with van der Waals surface area (Å²) in [6.07, 6.45) is 1.05. The Bertz CT molecular complexity index is 1010. The number of hydrogen-bond acceptors (Lipinski definition) is 6. The number of ketones is 1. The van der Waals surface area contributed by atoms with Crippen molar-refractivity contribution in [3.05, 3.63) is 74.6 Å². The highest BCUT2D eigenvalue weighted by Gasteiger charge is 2.21. The van der Waals surface area contributed by atoms with E-state index in [2.05, 4.69) is 0 Å². The number of nitrogens with zero attached hydrogens (tertiary/aromatic N) is 1. The summed E-state index contributed by atoms with van der Waals surface area (Å²) >= 11 is 0. The minimum absolute atomic E-state index is 0.0465. The van der Waals surface area contributed by atoms with E-state index >= 15 is 0 Å². The lowest BCUT2D eigenvalue weighted by Gasteiger charge is -2.07. The third-order valence-electron chi connectivity index (χ3n) is 3.40. The summed E-state index contributed by atoms with van der Waals surface area (Å²) < 4.78 is 10.8. The van der Waals surface area contributed by atoms with E-state index < -0.39 is 16.1 Å². The summed E-state index contributed by atoms with van der Waals surface area (Å²) in [6, 6.07) is 10.8. The van der Waals surface area contributed by atoms with E-state index in [1.54, 1.807) is 30.3 Å². The molecule has 120 valence electrons. The number of Topliss-reactive ketones (excluding diaryl/α,β-unsaturated/α-hetero) is 1.